The Morgan fingerprint density at radius 3 is 2.86 bits per heavy atom. The minimum Gasteiger partial charge on any atom is -0.366 e. The van der Waals surface area contributed by atoms with Crippen LogP contribution in [0.3, 0.4) is 0 Å². The molecule has 0 saturated heterocycles. The van der Waals surface area contributed by atoms with Gasteiger partial charge in [-0.3, -0.25) is 0 Å². The fraction of sp³-hybridized carbons (Fsp3) is 0.556. The van der Waals surface area contributed by atoms with Crippen LogP contribution in [0, 0.1) is 0 Å². The highest BCUT2D eigenvalue weighted by atomic mass is 35.5. The lowest BCUT2D eigenvalue weighted by Gasteiger charge is -2.13. The Balaban J connectivity index is 2.83. The Hall–Kier alpha value is -1.03. The zero-order valence-electron chi connectivity index (χ0n) is 8.63. The molecular formula is C9H15ClN4. The third-order valence-electron chi connectivity index (χ3n) is 1.96. The fourth-order valence-electron chi connectivity index (χ4n) is 0.924. The van der Waals surface area contributed by atoms with E-state index in [0.29, 0.717) is 22.8 Å². The molecule has 1 aromatic heterocycles. The molecule has 1 heterocycles. The van der Waals surface area contributed by atoms with Crippen molar-refractivity contribution in [3.05, 3.63) is 11.2 Å². The van der Waals surface area contributed by atoms with Crippen LogP contribution >= 0.6 is 11.6 Å². The molecule has 14 heavy (non-hydrogen) atoms. The van der Waals surface area contributed by atoms with Gasteiger partial charge in [-0.1, -0.05) is 18.5 Å². The minimum absolute atomic E-state index is 0.354. The maximum absolute atomic E-state index is 5.94. The highest BCUT2D eigenvalue weighted by Gasteiger charge is 2.06. The summed E-state index contributed by atoms with van der Waals surface area (Å²) in [4.78, 5) is 8.21. The molecule has 0 amide bonds. The number of hydrogen-bond donors (Lipinski definition) is 2. The molecule has 0 aliphatic carbocycles. The number of nitrogens with zero attached hydrogens (tertiary/aromatic N) is 2. The van der Waals surface area contributed by atoms with Crippen molar-refractivity contribution in [2.24, 2.45) is 0 Å². The first-order valence-electron chi connectivity index (χ1n) is 4.64. The average molecular weight is 215 g/mol. The molecule has 1 aromatic rings. The molecule has 0 aromatic carbocycles. The molecule has 1 atom stereocenters. The molecule has 0 aliphatic heterocycles. The van der Waals surface area contributed by atoms with Gasteiger partial charge in [-0.15, -0.1) is 0 Å². The van der Waals surface area contributed by atoms with E-state index in [0.717, 1.165) is 6.42 Å². The standard InChI is InChI=1S/C9H15ClN4/c1-4-6(2)13-8-7(10)5-12-9(11-3)14-8/h5-6H,4H2,1-3H3,(H2,11,12,13,14). The molecule has 78 valence electrons. The predicted molar refractivity (Wildman–Crippen MR) is 60.0 cm³/mol. The Morgan fingerprint density at radius 2 is 2.29 bits per heavy atom. The fourth-order valence-corrected chi connectivity index (χ4v) is 1.07. The average Bonchev–Trinajstić information content (AvgIpc) is 2.21. The summed E-state index contributed by atoms with van der Waals surface area (Å²) in [6.07, 6.45) is 2.61. The summed E-state index contributed by atoms with van der Waals surface area (Å²) in [5.74, 6) is 1.25. The molecule has 0 radical (unpaired) electrons. The number of rotatable bonds is 4. The van der Waals surface area contributed by atoms with Crippen molar-refractivity contribution < 1.29 is 0 Å². The van der Waals surface area contributed by atoms with Gasteiger partial charge >= 0.3 is 0 Å². The highest BCUT2D eigenvalue weighted by Crippen LogP contribution is 2.20. The van der Waals surface area contributed by atoms with Crippen LogP contribution in [0.15, 0.2) is 6.20 Å². The second kappa shape index (κ2) is 5.00. The van der Waals surface area contributed by atoms with E-state index >= 15 is 0 Å². The smallest absolute Gasteiger partial charge is 0.224 e. The number of halogens is 1. The molecule has 5 heteroatoms. The number of aromatic nitrogens is 2. The monoisotopic (exact) mass is 214 g/mol. The van der Waals surface area contributed by atoms with Crippen LogP contribution < -0.4 is 10.6 Å². The topological polar surface area (TPSA) is 49.8 Å². The van der Waals surface area contributed by atoms with Gasteiger partial charge < -0.3 is 10.6 Å². The summed E-state index contributed by atoms with van der Waals surface area (Å²) in [7, 11) is 1.77. The Morgan fingerprint density at radius 1 is 1.57 bits per heavy atom. The van der Waals surface area contributed by atoms with Crippen molar-refractivity contribution in [1.82, 2.24) is 9.97 Å². The van der Waals surface area contributed by atoms with Gasteiger partial charge in [0.1, 0.15) is 5.02 Å². The molecule has 0 bridgehead atoms. The van der Waals surface area contributed by atoms with E-state index < -0.39 is 0 Å². The first-order valence-corrected chi connectivity index (χ1v) is 5.02. The van der Waals surface area contributed by atoms with E-state index in [4.69, 9.17) is 11.6 Å². The molecule has 0 saturated carbocycles. The lowest BCUT2D eigenvalue weighted by Crippen LogP contribution is -2.15. The summed E-state index contributed by atoms with van der Waals surface area (Å²) >= 11 is 5.94. The van der Waals surface area contributed by atoms with Crippen LogP contribution in [-0.2, 0) is 0 Å². The quantitative estimate of drug-likeness (QED) is 0.808. The summed E-state index contributed by atoms with van der Waals surface area (Å²) in [5, 5.41) is 6.62. The van der Waals surface area contributed by atoms with E-state index in [1.54, 1.807) is 13.2 Å². The van der Waals surface area contributed by atoms with Gasteiger partial charge in [0, 0.05) is 13.1 Å². The Labute approximate surface area is 89.1 Å². The SMILES string of the molecule is CCC(C)Nc1nc(NC)ncc1Cl. The number of nitrogens with one attached hydrogen (secondary N) is 2. The summed E-state index contributed by atoms with van der Waals surface area (Å²) in [5.41, 5.74) is 0. The molecule has 1 unspecified atom stereocenters. The first-order chi connectivity index (χ1) is 6.67. The Bertz CT molecular complexity index is 303. The molecule has 0 fully saturated rings. The van der Waals surface area contributed by atoms with Gasteiger partial charge in [-0.2, -0.15) is 4.98 Å². The summed E-state index contributed by atoms with van der Waals surface area (Å²) in [6.45, 7) is 4.18. The largest absolute Gasteiger partial charge is 0.366 e. The van der Waals surface area contributed by atoms with Crippen LogP contribution in [0.1, 0.15) is 20.3 Å². The molecule has 0 aliphatic rings. The second-order valence-corrected chi connectivity index (χ2v) is 3.50. The third-order valence-corrected chi connectivity index (χ3v) is 2.24. The van der Waals surface area contributed by atoms with E-state index in [1.165, 1.54) is 0 Å². The summed E-state index contributed by atoms with van der Waals surface area (Å²) in [6, 6.07) is 0.354. The van der Waals surface area contributed by atoms with Crippen molar-refractivity contribution in [1.29, 1.82) is 0 Å². The summed E-state index contributed by atoms with van der Waals surface area (Å²) < 4.78 is 0. The number of anilines is 2. The van der Waals surface area contributed by atoms with Crippen molar-refractivity contribution >= 4 is 23.4 Å². The van der Waals surface area contributed by atoms with Gasteiger partial charge in [0.25, 0.3) is 0 Å². The van der Waals surface area contributed by atoms with Crippen molar-refractivity contribution in [3.8, 4) is 0 Å². The normalized spacial score (nSPS) is 12.3. The maximum atomic E-state index is 5.94. The highest BCUT2D eigenvalue weighted by molar-refractivity contribution is 6.32. The van der Waals surface area contributed by atoms with E-state index in [2.05, 4.69) is 34.4 Å². The van der Waals surface area contributed by atoms with Crippen LogP contribution in [0.4, 0.5) is 11.8 Å². The Kier molecular flexibility index (Phi) is 3.95. The van der Waals surface area contributed by atoms with Gasteiger partial charge in [0.2, 0.25) is 5.95 Å². The second-order valence-electron chi connectivity index (χ2n) is 3.09. The van der Waals surface area contributed by atoms with Crippen LogP contribution in [-0.4, -0.2) is 23.1 Å². The van der Waals surface area contributed by atoms with Crippen LogP contribution in [0.5, 0.6) is 0 Å². The van der Waals surface area contributed by atoms with Crippen LogP contribution in [0.2, 0.25) is 5.02 Å². The van der Waals surface area contributed by atoms with Gasteiger partial charge in [0.15, 0.2) is 5.82 Å². The number of hydrogen-bond acceptors (Lipinski definition) is 4. The third kappa shape index (κ3) is 2.73. The van der Waals surface area contributed by atoms with Gasteiger partial charge in [-0.05, 0) is 13.3 Å². The first kappa shape index (κ1) is 11.0. The van der Waals surface area contributed by atoms with E-state index in [-0.39, 0.29) is 0 Å². The molecule has 1 rings (SSSR count). The molecule has 4 nitrogen and oxygen atoms in total. The van der Waals surface area contributed by atoms with Gasteiger partial charge in [0.05, 0.1) is 6.20 Å². The zero-order chi connectivity index (χ0) is 10.6. The van der Waals surface area contributed by atoms with Gasteiger partial charge in [-0.25, -0.2) is 4.98 Å². The van der Waals surface area contributed by atoms with Crippen LogP contribution in [0.25, 0.3) is 0 Å². The van der Waals surface area contributed by atoms with E-state index in [1.807, 2.05) is 0 Å². The lowest BCUT2D eigenvalue weighted by molar-refractivity contribution is 0.758. The van der Waals surface area contributed by atoms with Crippen molar-refractivity contribution in [3.63, 3.8) is 0 Å². The van der Waals surface area contributed by atoms with E-state index in [9.17, 15) is 0 Å². The zero-order valence-corrected chi connectivity index (χ0v) is 9.39. The minimum atomic E-state index is 0.354. The molecule has 2 N–H and O–H groups in total. The maximum Gasteiger partial charge on any atom is 0.224 e. The predicted octanol–water partition coefficient (Wildman–Crippen LogP) is 2.38. The van der Waals surface area contributed by atoms with Crippen molar-refractivity contribution in [2.75, 3.05) is 17.7 Å². The molecular weight excluding hydrogens is 200 g/mol. The molecule has 0 spiro atoms. The lowest BCUT2D eigenvalue weighted by atomic mass is 10.2. The van der Waals surface area contributed by atoms with Crippen molar-refractivity contribution in [2.45, 2.75) is 26.3 Å².